The molecule has 2 aromatic rings. The second kappa shape index (κ2) is 7.32. The van der Waals surface area contributed by atoms with E-state index in [4.69, 9.17) is 11.6 Å². The van der Waals surface area contributed by atoms with Crippen molar-refractivity contribution in [3.8, 4) is 0 Å². The summed E-state index contributed by atoms with van der Waals surface area (Å²) < 4.78 is 26.5. The topological polar surface area (TPSA) is 83.6 Å². The van der Waals surface area contributed by atoms with Gasteiger partial charge in [0, 0.05) is 17.1 Å². The highest BCUT2D eigenvalue weighted by Gasteiger charge is 2.44. The summed E-state index contributed by atoms with van der Waals surface area (Å²) in [4.78, 5) is 24.9. The summed E-state index contributed by atoms with van der Waals surface area (Å²) in [6.07, 6.45) is 0.132. The van der Waals surface area contributed by atoms with Crippen molar-refractivity contribution < 1.29 is 18.0 Å². The van der Waals surface area contributed by atoms with E-state index in [-0.39, 0.29) is 17.7 Å². The van der Waals surface area contributed by atoms with Gasteiger partial charge in [-0.15, -0.1) is 0 Å². The van der Waals surface area contributed by atoms with E-state index in [0.29, 0.717) is 15.0 Å². The number of benzene rings is 2. The van der Waals surface area contributed by atoms with Gasteiger partial charge in [-0.05, 0) is 50.1 Å². The van der Waals surface area contributed by atoms with E-state index in [1.54, 1.807) is 30.3 Å². The molecular formula is C19H19ClN2O4S. The fraction of sp³-hybridized carbons (Fsp3) is 0.263. The van der Waals surface area contributed by atoms with E-state index >= 15 is 0 Å². The maximum atomic E-state index is 12.9. The van der Waals surface area contributed by atoms with Crippen LogP contribution >= 0.6 is 11.6 Å². The standard InChI is InChI=1S/C19H19ClN2O4S/c1-12-3-7-15(8-4-12)27(25,26)22-17(9-10-18(22)23)19(24)21-14-6-5-13(2)16(20)11-14/h3-8,11,17H,9-10H2,1-2H3,(H,21,24)/t17-/m1/s1. The van der Waals surface area contributed by atoms with E-state index in [1.807, 2.05) is 13.8 Å². The number of carbonyl (C=O) groups is 2. The van der Waals surface area contributed by atoms with Gasteiger partial charge in [-0.1, -0.05) is 35.4 Å². The molecular weight excluding hydrogens is 388 g/mol. The zero-order chi connectivity index (χ0) is 19.8. The lowest BCUT2D eigenvalue weighted by Gasteiger charge is -2.24. The smallest absolute Gasteiger partial charge is 0.267 e. The molecule has 0 aliphatic carbocycles. The van der Waals surface area contributed by atoms with Crippen molar-refractivity contribution in [1.82, 2.24) is 4.31 Å². The highest BCUT2D eigenvalue weighted by Crippen LogP contribution is 2.29. The molecule has 1 aliphatic rings. The van der Waals surface area contributed by atoms with Gasteiger partial charge in [0.05, 0.1) is 4.90 Å². The number of amides is 2. The summed E-state index contributed by atoms with van der Waals surface area (Å²) in [5.41, 5.74) is 2.20. The highest BCUT2D eigenvalue weighted by atomic mass is 35.5. The lowest BCUT2D eigenvalue weighted by Crippen LogP contribution is -2.45. The van der Waals surface area contributed by atoms with Gasteiger partial charge < -0.3 is 5.32 Å². The van der Waals surface area contributed by atoms with E-state index in [1.165, 1.54) is 12.1 Å². The van der Waals surface area contributed by atoms with E-state index in [9.17, 15) is 18.0 Å². The Morgan fingerprint density at radius 1 is 1.15 bits per heavy atom. The Balaban J connectivity index is 1.88. The number of hydrogen-bond acceptors (Lipinski definition) is 4. The fourth-order valence-corrected chi connectivity index (χ4v) is 4.70. The SMILES string of the molecule is Cc1ccc(S(=O)(=O)N2C(=O)CC[C@@H]2C(=O)Nc2ccc(C)c(Cl)c2)cc1. The van der Waals surface area contributed by atoms with Crippen LogP contribution in [0.2, 0.25) is 5.02 Å². The van der Waals surface area contributed by atoms with Crippen molar-refractivity contribution in [2.45, 2.75) is 37.6 Å². The molecule has 1 atom stereocenters. The molecule has 0 bridgehead atoms. The number of carbonyl (C=O) groups excluding carboxylic acids is 2. The Bertz CT molecular complexity index is 1000. The lowest BCUT2D eigenvalue weighted by molar-refractivity contribution is -0.128. The van der Waals surface area contributed by atoms with Crippen LogP contribution in [0.25, 0.3) is 0 Å². The maximum absolute atomic E-state index is 12.9. The first-order chi connectivity index (χ1) is 12.7. The quantitative estimate of drug-likeness (QED) is 0.844. The summed E-state index contributed by atoms with van der Waals surface area (Å²) >= 11 is 6.06. The summed E-state index contributed by atoms with van der Waals surface area (Å²) in [6, 6.07) is 10.1. The van der Waals surface area contributed by atoms with Gasteiger partial charge in [0.1, 0.15) is 6.04 Å². The van der Waals surface area contributed by atoms with Gasteiger partial charge in [0.15, 0.2) is 0 Å². The number of rotatable bonds is 4. The second-order valence-electron chi connectivity index (χ2n) is 6.52. The lowest BCUT2D eigenvalue weighted by atomic mass is 10.2. The number of nitrogens with one attached hydrogen (secondary N) is 1. The van der Waals surface area contributed by atoms with Gasteiger partial charge in [0.25, 0.3) is 10.0 Å². The zero-order valence-corrected chi connectivity index (χ0v) is 16.5. The Hall–Kier alpha value is -2.38. The highest BCUT2D eigenvalue weighted by molar-refractivity contribution is 7.89. The number of halogens is 1. The summed E-state index contributed by atoms with van der Waals surface area (Å²) in [5.74, 6) is -1.14. The number of sulfonamides is 1. The first-order valence-electron chi connectivity index (χ1n) is 8.41. The molecule has 0 saturated carbocycles. The van der Waals surface area contributed by atoms with Gasteiger partial charge in [-0.2, -0.15) is 0 Å². The largest absolute Gasteiger partial charge is 0.324 e. The number of anilines is 1. The molecule has 2 aromatic carbocycles. The van der Waals surface area contributed by atoms with Crippen LogP contribution < -0.4 is 5.32 Å². The first kappa shape index (κ1) is 19.4. The van der Waals surface area contributed by atoms with Crippen molar-refractivity contribution in [2.75, 3.05) is 5.32 Å². The second-order valence-corrected chi connectivity index (χ2v) is 8.74. The number of hydrogen-bond donors (Lipinski definition) is 1. The molecule has 0 spiro atoms. The van der Waals surface area contributed by atoms with Crippen LogP contribution in [0.5, 0.6) is 0 Å². The Kier molecular flexibility index (Phi) is 5.26. The van der Waals surface area contributed by atoms with E-state index < -0.39 is 27.9 Å². The van der Waals surface area contributed by atoms with Gasteiger partial charge in [-0.25, -0.2) is 12.7 Å². The van der Waals surface area contributed by atoms with Crippen molar-refractivity contribution in [2.24, 2.45) is 0 Å². The maximum Gasteiger partial charge on any atom is 0.267 e. The minimum absolute atomic E-state index is 0.00215. The number of aryl methyl sites for hydroxylation is 2. The summed E-state index contributed by atoms with van der Waals surface area (Å²) in [6.45, 7) is 3.67. The van der Waals surface area contributed by atoms with E-state index in [2.05, 4.69) is 5.32 Å². The zero-order valence-electron chi connectivity index (χ0n) is 14.9. The molecule has 6 nitrogen and oxygen atoms in total. The minimum atomic E-state index is -4.11. The Labute approximate surface area is 163 Å². The monoisotopic (exact) mass is 406 g/mol. The first-order valence-corrected chi connectivity index (χ1v) is 10.2. The van der Waals surface area contributed by atoms with Crippen LogP contribution in [0.3, 0.4) is 0 Å². The van der Waals surface area contributed by atoms with Crippen LogP contribution in [-0.4, -0.2) is 30.6 Å². The molecule has 0 aromatic heterocycles. The fourth-order valence-electron chi connectivity index (χ4n) is 2.92. The molecule has 142 valence electrons. The molecule has 1 N–H and O–H groups in total. The van der Waals surface area contributed by atoms with Crippen LogP contribution in [0.15, 0.2) is 47.4 Å². The van der Waals surface area contributed by atoms with E-state index in [0.717, 1.165) is 11.1 Å². The van der Waals surface area contributed by atoms with Crippen LogP contribution in [0, 0.1) is 13.8 Å². The molecule has 1 saturated heterocycles. The molecule has 8 heteroatoms. The molecule has 1 fully saturated rings. The minimum Gasteiger partial charge on any atom is -0.324 e. The molecule has 27 heavy (non-hydrogen) atoms. The predicted molar refractivity (Wildman–Crippen MR) is 103 cm³/mol. The van der Waals surface area contributed by atoms with Gasteiger partial charge >= 0.3 is 0 Å². The number of nitrogens with zero attached hydrogens (tertiary/aromatic N) is 1. The third kappa shape index (κ3) is 3.84. The molecule has 1 heterocycles. The normalized spacial score (nSPS) is 17.2. The average Bonchev–Trinajstić information content (AvgIpc) is 3.01. The third-order valence-electron chi connectivity index (χ3n) is 4.48. The average molecular weight is 407 g/mol. The van der Waals surface area contributed by atoms with Gasteiger partial charge in [-0.3, -0.25) is 9.59 Å². The molecule has 2 amide bonds. The summed E-state index contributed by atoms with van der Waals surface area (Å²) in [7, 11) is -4.11. The third-order valence-corrected chi connectivity index (χ3v) is 6.73. The molecule has 3 rings (SSSR count). The van der Waals surface area contributed by atoms with Crippen LogP contribution in [0.1, 0.15) is 24.0 Å². The van der Waals surface area contributed by atoms with Crippen LogP contribution in [0.4, 0.5) is 5.69 Å². The predicted octanol–water partition coefficient (Wildman–Crippen LogP) is 3.28. The summed E-state index contributed by atoms with van der Waals surface area (Å²) in [5, 5.41) is 3.14. The van der Waals surface area contributed by atoms with Crippen molar-refractivity contribution >= 4 is 39.1 Å². The van der Waals surface area contributed by atoms with Crippen molar-refractivity contribution in [3.05, 3.63) is 58.6 Å². The van der Waals surface area contributed by atoms with Gasteiger partial charge in [0.2, 0.25) is 11.8 Å². The molecule has 0 unspecified atom stereocenters. The van der Waals surface area contributed by atoms with Crippen molar-refractivity contribution in [1.29, 1.82) is 0 Å². The Morgan fingerprint density at radius 2 is 1.81 bits per heavy atom. The van der Waals surface area contributed by atoms with Crippen molar-refractivity contribution in [3.63, 3.8) is 0 Å². The molecule has 0 radical (unpaired) electrons. The Morgan fingerprint density at radius 3 is 2.44 bits per heavy atom. The molecule has 1 aliphatic heterocycles. The van der Waals surface area contributed by atoms with Crippen LogP contribution in [-0.2, 0) is 19.6 Å².